The number of nitrogens with zero attached hydrogens (tertiary/aromatic N) is 4. The SMILES string of the molecule is O=Cc1ccc(N2CCn3ccnc3C2)nc1. The van der Waals surface area contributed by atoms with E-state index in [4.69, 9.17) is 0 Å². The minimum atomic E-state index is 0.604. The fraction of sp³-hybridized carbons (Fsp3) is 0.250. The Labute approximate surface area is 98.7 Å². The molecule has 0 saturated heterocycles. The molecule has 3 heterocycles. The highest BCUT2D eigenvalue weighted by Crippen LogP contribution is 2.17. The molecule has 0 N–H and O–H groups in total. The van der Waals surface area contributed by atoms with Crippen molar-refractivity contribution in [2.24, 2.45) is 0 Å². The summed E-state index contributed by atoms with van der Waals surface area (Å²) in [6.07, 6.45) is 6.22. The van der Waals surface area contributed by atoms with Crippen molar-refractivity contribution < 1.29 is 4.79 Å². The van der Waals surface area contributed by atoms with Crippen LogP contribution in [0.2, 0.25) is 0 Å². The third-order valence-corrected chi connectivity index (χ3v) is 2.98. The summed E-state index contributed by atoms with van der Waals surface area (Å²) in [4.78, 5) is 21.3. The van der Waals surface area contributed by atoms with Crippen LogP contribution in [-0.4, -0.2) is 27.4 Å². The molecule has 0 radical (unpaired) electrons. The minimum absolute atomic E-state index is 0.604. The van der Waals surface area contributed by atoms with Crippen LogP contribution in [0.3, 0.4) is 0 Å². The van der Waals surface area contributed by atoms with E-state index < -0.39 is 0 Å². The predicted octanol–water partition coefficient (Wildman–Crippen LogP) is 1.11. The summed E-state index contributed by atoms with van der Waals surface area (Å²) in [5, 5.41) is 0. The largest absolute Gasteiger partial charge is 0.347 e. The highest BCUT2D eigenvalue weighted by molar-refractivity contribution is 5.74. The first-order valence-corrected chi connectivity index (χ1v) is 5.53. The normalized spacial score (nSPS) is 14.5. The number of rotatable bonds is 2. The number of pyridine rings is 1. The van der Waals surface area contributed by atoms with Gasteiger partial charge in [0.05, 0.1) is 6.54 Å². The van der Waals surface area contributed by atoms with Crippen molar-refractivity contribution >= 4 is 12.1 Å². The van der Waals surface area contributed by atoms with Gasteiger partial charge in [0.25, 0.3) is 0 Å². The highest BCUT2D eigenvalue weighted by Gasteiger charge is 2.17. The highest BCUT2D eigenvalue weighted by atomic mass is 16.1. The maximum Gasteiger partial charge on any atom is 0.151 e. The number of imidazole rings is 1. The molecule has 1 aliphatic heterocycles. The van der Waals surface area contributed by atoms with E-state index in [1.807, 2.05) is 18.5 Å². The first-order valence-electron chi connectivity index (χ1n) is 5.53. The second-order valence-electron chi connectivity index (χ2n) is 4.03. The number of carbonyl (C=O) groups is 1. The zero-order valence-electron chi connectivity index (χ0n) is 9.28. The van der Waals surface area contributed by atoms with Crippen LogP contribution >= 0.6 is 0 Å². The fourth-order valence-corrected chi connectivity index (χ4v) is 2.02. The predicted molar refractivity (Wildman–Crippen MR) is 62.9 cm³/mol. The molecule has 0 fully saturated rings. The number of hydrogen-bond donors (Lipinski definition) is 0. The third kappa shape index (κ3) is 1.80. The molecule has 86 valence electrons. The number of carbonyl (C=O) groups excluding carboxylic acids is 1. The molecular formula is C12H12N4O. The summed E-state index contributed by atoms with van der Waals surface area (Å²) >= 11 is 0. The fourth-order valence-electron chi connectivity index (χ4n) is 2.02. The van der Waals surface area contributed by atoms with E-state index in [0.29, 0.717) is 5.56 Å². The molecule has 0 saturated carbocycles. The molecule has 5 nitrogen and oxygen atoms in total. The Kier molecular flexibility index (Phi) is 2.36. The maximum absolute atomic E-state index is 10.6. The van der Waals surface area contributed by atoms with Crippen molar-refractivity contribution in [1.82, 2.24) is 14.5 Å². The van der Waals surface area contributed by atoms with Gasteiger partial charge in [-0.3, -0.25) is 4.79 Å². The van der Waals surface area contributed by atoms with Crippen molar-refractivity contribution in [2.75, 3.05) is 11.4 Å². The summed E-state index contributed by atoms with van der Waals surface area (Å²) in [5.74, 6) is 1.95. The topological polar surface area (TPSA) is 51.0 Å². The van der Waals surface area contributed by atoms with E-state index in [1.54, 1.807) is 12.3 Å². The summed E-state index contributed by atoms with van der Waals surface area (Å²) in [6.45, 7) is 2.60. The van der Waals surface area contributed by atoms with Crippen LogP contribution in [0, 0.1) is 0 Å². The van der Waals surface area contributed by atoms with E-state index in [-0.39, 0.29) is 0 Å². The van der Waals surface area contributed by atoms with Gasteiger partial charge in [0.1, 0.15) is 11.6 Å². The molecule has 0 aliphatic carbocycles. The molecule has 0 atom stereocenters. The standard InChI is InChI=1S/C12H12N4O/c17-9-10-1-2-11(14-7-10)16-6-5-15-4-3-13-12(15)8-16/h1-4,7,9H,5-6,8H2. The Morgan fingerprint density at radius 1 is 1.24 bits per heavy atom. The lowest BCUT2D eigenvalue weighted by Gasteiger charge is -2.28. The average molecular weight is 228 g/mol. The van der Waals surface area contributed by atoms with Crippen LogP contribution < -0.4 is 4.90 Å². The van der Waals surface area contributed by atoms with E-state index >= 15 is 0 Å². The van der Waals surface area contributed by atoms with Crippen LogP contribution in [0.4, 0.5) is 5.82 Å². The lowest BCUT2D eigenvalue weighted by molar-refractivity contribution is 0.112. The van der Waals surface area contributed by atoms with Gasteiger partial charge in [-0.25, -0.2) is 9.97 Å². The first kappa shape index (κ1) is 10.0. The van der Waals surface area contributed by atoms with Crippen LogP contribution in [0.1, 0.15) is 16.2 Å². The van der Waals surface area contributed by atoms with Crippen molar-refractivity contribution in [1.29, 1.82) is 0 Å². The second-order valence-corrected chi connectivity index (χ2v) is 4.03. The van der Waals surface area contributed by atoms with Gasteiger partial charge in [-0.15, -0.1) is 0 Å². The molecule has 2 aromatic heterocycles. The van der Waals surface area contributed by atoms with Crippen LogP contribution in [0.25, 0.3) is 0 Å². The lowest BCUT2D eigenvalue weighted by atomic mass is 10.3. The van der Waals surface area contributed by atoms with Gasteiger partial charge in [0, 0.05) is 37.2 Å². The maximum atomic E-state index is 10.6. The van der Waals surface area contributed by atoms with Crippen molar-refractivity contribution in [2.45, 2.75) is 13.1 Å². The van der Waals surface area contributed by atoms with Crippen molar-refractivity contribution in [3.8, 4) is 0 Å². The average Bonchev–Trinajstić information content (AvgIpc) is 2.86. The zero-order valence-corrected chi connectivity index (χ0v) is 9.28. The van der Waals surface area contributed by atoms with Crippen LogP contribution in [0.5, 0.6) is 0 Å². The van der Waals surface area contributed by atoms with E-state index in [2.05, 4.69) is 19.4 Å². The second kappa shape index (κ2) is 4.01. The number of anilines is 1. The van der Waals surface area contributed by atoms with Gasteiger partial charge >= 0.3 is 0 Å². The lowest BCUT2D eigenvalue weighted by Crippen LogP contribution is -2.34. The molecule has 1 aliphatic rings. The van der Waals surface area contributed by atoms with Gasteiger partial charge < -0.3 is 9.47 Å². The Hall–Kier alpha value is -2.17. The molecule has 17 heavy (non-hydrogen) atoms. The van der Waals surface area contributed by atoms with E-state index in [9.17, 15) is 4.79 Å². The van der Waals surface area contributed by atoms with Gasteiger partial charge in [-0.05, 0) is 12.1 Å². The molecular weight excluding hydrogens is 216 g/mol. The smallest absolute Gasteiger partial charge is 0.151 e. The summed E-state index contributed by atoms with van der Waals surface area (Å²) in [7, 11) is 0. The summed E-state index contributed by atoms with van der Waals surface area (Å²) < 4.78 is 2.15. The van der Waals surface area contributed by atoms with E-state index in [0.717, 1.165) is 37.6 Å². The molecule has 0 aromatic carbocycles. The third-order valence-electron chi connectivity index (χ3n) is 2.98. The quantitative estimate of drug-likeness (QED) is 0.722. The van der Waals surface area contributed by atoms with Gasteiger partial charge in [0.2, 0.25) is 0 Å². The zero-order chi connectivity index (χ0) is 11.7. The van der Waals surface area contributed by atoms with Crippen molar-refractivity contribution in [3.63, 3.8) is 0 Å². The molecule has 2 aromatic rings. The van der Waals surface area contributed by atoms with Gasteiger partial charge in [0.15, 0.2) is 6.29 Å². The van der Waals surface area contributed by atoms with Crippen LogP contribution in [0.15, 0.2) is 30.7 Å². The number of aldehydes is 1. The molecule has 0 unspecified atom stereocenters. The molecule has 0 bridgehead atoms. The Bertz CT molecular complexity index is 532. The molecule has 0 amide bonds. The van der Waals surface area contributed by atoms with E-state index in [1.165, 1.54) is 0 Å². The summed E-state index contributed by atoms with van der Waals surface area (Å²) in [5.41, 5.74) is 0.604. The van der Waals surface area contributed by atoms with Crippen LogP contribution in [-0.2, 0) is 13.1 Å². The number of hydrogen-bond acceptors (Lipinski definition) is 4. The van der Waals surface area contributed by atoms with Gasteiger partial charge in [-0.1, -0.05) is 0 Å². The molecule has 3 rings (SSSR count). The Balaban J connectivity index is 1.84. The Morgan fingerprint density at radius 2 is 2.18 bits per heavy atom. The number of fused-ring (bicyclic) bond motifs is 1. The number of aromatic nitrogens is 3. The monoisotopic (exact) mass is 228 g/mol. The molecule has 5 heteroatoms. The van der Waals surface area contributed by atoms with Gasteiger partial charge in [-0.2, -0.15) is 0 Å². The first-order chi connectivity index (χ1) is 8.36. The summed E-state index contributed by atoms with van der Waals surface area (Å²) in [6, 6.07) is 3.67. The molecule has 0 spiro atoms. The van der Waals surface area contributed by atoms with Crippen molar-refractivity contribution in [3.05, 3.63) is 42.1 Å². The Morgan fingerprint density at radius 3 is 2.94 bits per heavy atom. The minimum Gasteiger partial charge on any atom is -0.347 e.